The largest absolute Gasteiger partial charge is 0.490 e. The van der Waals surface area contributed by atoms with Gasteiger partial charge < -0.3 is 14.9 Å². The average Bonchev–Trinajstić information content (AvgIpc) is 3.01. The number of nitrogens with one attached hydrogen (secondary N) is 1. The van der Waals surface area contributed by atoms with Crippen LogP contribution in [0, 0.1) is 10.1 Å². The summed E-state index contributed by atoms with van der Waals surface area (Å²) in [5.41, 5.74) is 2.79. The van der Waals surface area contributed by atoms with Crippen molar-refractivity contribution in [1.29, 1.82) is 0 Å². The zero-order chi connectivity index (χ0) is 18.4. The monoisotopic (exact) mass is 430 g/mol. The normalized spacial score (nSPS) is 11.2. The highest BCUT2D eigenvalue weighted by Gasteiger charge is 2.13. The highest BCUT2D eigenvalue weighted by molar-refractivity contribution is 9.10. The molecule has 12 heteroatoms. The van der Waals surface area contributed by atoms with E-state index in [9.17, 15) is 14.9 Å². The fraction of sp³-hybridized carbons (Fsp3) is 0.231. The summed E-state index contributed by atoms with van der Waals surface area (Å²) in [5.74, 6) is -0.500. The van der Waals surface area contributed by atoms with Gasteiger partial charge in [-0.25, -0.2) is 5.43 Å². The Morgan fingerprint density at radius 2 is 2.32 bits per heavy atom. The summed E-state index contributed by atoms with van der Waals surface area (Å²) < 4.78 is 7.21. The number of aromatic nitrogens is 3. The van der Waals surface area contributed by atoms with Gasteiger partial charge in [0.05, 0.1) is 16.7 Å². The maximum Gasteiger partial charge on any atom is 0.490 e. The molecule has 1 amide bonds. The summed E-state index contributed by atoms with van der Waals surface area (Å²) >= 11 is 9.09. The number of rotatable bonds is 7. The zero-order valence-corrected chi connectivity index (χ0v) is 15.2. The minimum Gasteiger partial charge on any atom is -0.483 e. The van der Waals surface area contributed by atoms with E-state index in [-0.39, 0.29) is 13.2 Å². The van der Waals surface area contributed by atoms with Crippen LogP contribution in [0.2, 0.25) is 5.02 Å². The first kappa shape index (κ1) is 18.8. The minimum atomic E-state index is -0.697. The first-order valence-corrected chi connectivity index (χ1v) is 7.96. The molecule has 0 unspecified atom stereocenters. The number of carbonyl (C=O) groups is 1. The number of hydrazone groups is 1. The average molecular weight is 432 g/mol. The summed E-state index contributed by atoms with van der Waals surface area (Å²) in [6.45, 7) is 1.53. The summed E-state index contributed by atoms with van der Waals surface area (Å²) in [6.07, 6.45) is 1.21. The van der Waals surface area contributed by atoms with Gasteiger partial charge >= 0.3 is 5.95 Å². The fourth-order valence-corrected chi connectivity index (χ4v) is 2.44. The summed E-state index contributed by atoms with van der Waals surface area (Å²) in [6, 6.07) is 4.92. The lowest BCUT2D eigenvalue weighted by atomic mass is 10.3. The number of amides is 1. The van der Waals surface area contributed by atoms with Crippen molar-refractivity contribution in [3.8, 4) is 5.75 Å². The van der Waals surface area contributed by atoms with Gasteiger partial charge in [-0.15, -0.1) is 0 Å². The van der Waals surface area contributed by atoms with Gasteiger partial charge in [0.1, 0.15) is 5.75 Å². The molecule has 1 N–H and O–H groups in total. The van der Waals surface area contributed by atoms with Crippen molar-refractivity contribution >= 4 is 45.1 Å². The molecule has 0 saturated carbocycles. The molecule has 0 aliphatic carbocycles. The first-order valence-electron chi connectivity index (χ1n) is 6.79. The van der Waals surface area contributed by atoms with Crippen LogP contribution in [-0.4, -0.2) is 37.9 Å². The summed E-state index contributed by atoms with van der Waals surface area (Å²) in [4.78, 5) is 25.1. The van der Waals surface area contributed by atoms with Crippen LogP contribution in [0.4, 0.5) is 5.95 Å². The van der Waals surface area contributed by atoms with E-state index in [0.717, 1.165) is 0 Å². The third kappa shape index (κ3) is 5.80. The summed E-state index contributed by atoms with van der Waals surface area (Å²) in [5, 5.41) is 18.6. The van der Waals surface area contributed by atoms with Gasteiger partial charge in [0.2, 0.25) is 6.33 Å². The van der Waals surface area contributed by atoms with Crippen LogP contribution in [0.1, 0.15) is 6.92 Å². The Labute approximate surface area is 155 Å². The van der Waals surface area contributed by atoms with E-state index in [0.29, 0.717) is 21.0 Å². The minimum absolute atomic E-state index is 0.144. The van der Waals surface area contributed by atoms with Crippen LogP contribution in [-0.2, 0) is 11.3 Å². The molecule has 132 valence electrons. The maximum absolute atomic E-state index is 11.7. The number of ether oxygens (including phenoxy) is 1. The molecular weight excluding hydrogens is 420 g/mol. The second-order valence-corrected chi connectivity index (χ2v) is 6.04. The molecule has 1 aromatic carbocycles. The third-order valence-electron chi connectivity index (χ3n) is 2.70. The van der Waals surface area contributed by atoms with Crippen molar-refractivity contribution in [2.45, 2.75) is 13.5 Å². The lowest BCUT2D eigenvalue weighted by molar-refractivity contribution is -0.394. The van der Waals surface area contributed by atoms with Crippen LogP contribution in [0.15, 0.2) is 34.1 Å². The van der Waals surface area contributed by atoms with E-state index in [1.54, 1.807) is 25.1 Å². The number of benzene rings is 1. The second kappa shape index (κ2) is 8.53. The molecule has 0 aliphatic heterocycles. The number of halogens is 2. The molecule has 2 aromatic rings. The Hall–Kier alpha value is -2.53. The van der Waals surface area contributed by atoms with E-state index >= 15 is 0 Å². The number of hydrogen-bond donors (Lipinski definition) is 1. The number of carbonyl (C=O) groups excluding carboxylic acids is 1. The van der Waals surface area contributed by atoms with Crippen LogP contribution < -0.4 is 10.2 Å². The Morgan fingerprint density at radius 3 is 2.96 bits per heavy atom. The molecule has 0 atom stereocenters. The Balaban J connectivity index is 1.83. The number of nitro groups is 1. The highest BCUT2D eigenvalue weighted by Crippen LogP contribution is 2.27. The van der Waals surface area contributed by atoms with Gasteiger partial charge in [0.25, 0.3) is 5.91 Å². The van der Waals surface area contributed by atoms with Crippen LogP contribution >= 0.6 is 27.5 Å². The van der Waals surface area contributed by atoms with Crippen LogP contribution in [0.3, 0.4) is 0 Å². The molecule has 1 aromatic heterocycles. The molecule has 0 aliphatic rings. The van der Waals surface area contributed by atoms with Crippen molar-refractivity contribution in [2.24, 2.45) is 5.10 Å². The number of nitrogens with zero attached hydrogens (tertiary/aromatic N) is 5. The molecule has 2 rings (SSSR count). The van der Waals surface area contributed by atoms with Crippen molar-refractivity contribution in [3.05, 3.63) is 44.1 Å². The SMILES string of the molecule is C/C(Cn1cnc([N+](=O)[O-])n1)=N/NC(=O)COc1ccc(Cl)cc1Br. The Kier molecular flexibility index (Phi) is 6.42. The predicted molar refractivity (Wildman–Crippen MR) is 92.6 cm³/mol. The Morgan fingerprint density at radius 1 is 1.56 bits per heavy atom. The van der Waals surface area contributed by atoms with E-state index in [1.807, 2.05) is 0 Å². The van der Waals surface area contributed by atoms with Crippen molar-refractivity contribution in [3.63, 3.8) is 0 Å². The topological polar surface area (TPSA) is 125 Å². The van der Waals surface area contributed by atoms with Gasteiger partial charge in [-0.05, 0) is 46.0 Å². The quantitative estimate of drug-likeness (QED) is 0.407. The van der Waals surface area contributed by atoms with Crippen molar-refractivity contribution in [1.82, 2.24) is 20.2 Å². The third-order valence-corrected chi connectivity index (χ3v) is 3.56. The zero-order valence-electron chi connectivity index (χ0n) is 12.8. The summed E-state index contributed by atoms with van der Waals surface area (Å²) in [7, 11) is 0. The lowest BCUT2D eigenvalue weighted by Gasteiger charge is -2.07. The van der Waals surface area contributed by atoms with Crippen LogP contribution in [0.25, 0.3) is 0 Å². The van der Waals surface area contributed by atoms with Gasteiger partial charge in [-0.2, -0.15) is 9.78 Å². The molecule has 0 bridgehead atoms. The molecule has 0 spiro atoms. The van der Waals surface area contributed by atoms with Crippen molar-refractivity contribution in [2.75, 3.05) is 6.61 Å². The fourth-order valence-electron chi connectivity index (χ4n) is 1.64. The van der Waals surface area contributed by atoms with Crippen molar-refractivity contribution < 1.29 is 14.5 Å². The van der Waals surface area contributed by atoms with Gasteiger partial charge in [0.15, 0.2) is 6.61 Å². The standard InChI is InChI=1S/C13H12BrClN6O4/c1-8(5-20-7-16-13(19-20)21(23)24)17-18-12(22)6-25-11-3-2-9(15)4-10(11)14/h2-4,7H,5-6H2,1H3,(H,18,22)/b17-8-. The van der Waals surface area contributed by atoms with Gasteiger partial charge in [-0.1, -0.05) is 16.6 Å². The smallest absolute Gasteiger partial charge is 0.483 e. The first-order chi connectivity index (χ1) is 11.8. The van der Waals surface area contributed by atoms with E-state index < -0.39 is 16.8 Å². The number of hydrogen-bond acceptors (Lipinski definition) is 7. The maximum atomic E-state index is 11.7. The van der Waals surface area contributed by atoms with E-state index in [1.165, 1.54) is 11.0 Å². The van der Waals surface area contributed by atoms with E-state index in [4.69, 9.17) is 16.3 Å². The predicted octanol–water partition coefficient (Wildman–Crippen LogP) is 2.17. The molecule has 1 heterocycles. The molecule has 0 saturated heterocycles. The Bertz CT molecular complexity index is 825. The lowest BCUT2D eigenvalue weighted by Crippen LogP contribution is -2.26. The van der Waals surface area contributed by atoms with Gasteiger partial charge in [-0.3, -0.25) is 4.79 Å². The molecule has 10 nitrogen and oxygen atoms in total. The molecule has 25 heavy (non-hydrogen) atoms. The van der Waals surface area contributed by atoms with Crippen LogP contribution in [0.5, 0.6) is 5.75 Å². The highest BCUT2D eigenvalue weighted by atomic mass is 79.9. The molecular formula is C13H12BrClN6O4. The second-order valence-electron chi connectivity index (χ2n) is 4.74. The molecule has 0 radical (unpaired) electrons. The molecule has 0 fully saturated rings. The van der Waals surface area contributed by atoms with E-state index in [2.05, 4.69) is 36.5 Å². The van der Waals surface area contributed by atoms with Gasteiger partial charge in [0, 0.05) is 10.1 Å².